The molecule has 0 radical (unpaired) electrons. The highest BCUT2D eigenvalue weighted by molar-refractivity contribution is 7.56. The van der Waals surface area contributed by atoms with Gasteiger partial charge in [-0.3, -0.25) is 0 Å². The molecule has 0 heterocycles. The summed E-state index contributed by atoms with van der Waals surface area (Å²) in [5.74, 6) is -2.77. The quantitative estimate of drug-likeness (QED) is 0.622. The van der Waals surface area contributed by atoms with E-state index >= 15 is 0 Å². The highest BCUT2D eigenvalue weighted by atomic mass is 31.2. The lowest BCUT2D eigenvalue weighted by Gasteiger charge is -2.19. The van der Waals surface area contributed by atoms with Crippen LogP contribution in [0, 0.1) is 0 Å². The van der Waals surface area contributed by atoms with E-state index < -0.39 is 25.5 Å². The summed E-state index contributed by atoms with van der Waals surface area (Å²) in [6.45, 7) is -0.0865. The average molecular weight is 317 g/mol. The summed E-state index contributed by atoms with van der Waals surface area (Å²) in [6, 6.07) is 8.78. The van der Waals surface area contributed by atoms with Gasteiger partial charge in [-0.05, 0) is 5.56 Å². The van der Waals surface area contributed by atoms with Gasteiger partial charge in [0.2, 0.25) is 5.78 Å². The second kappa shape index (κ2) is 7.78. The van der Waals surface area contributed by atoms with Crippen molar-refractivity contribution in [2.24, 2.45) is 5.73 Å². The van der Waals surface area contributed by atoms with Gasteiger partial charge in [0.25, 0.3) is 0 Å². The van der Waals surface area contributed by atoms with Gasteiger partial charge in [-0.2, -0.15) is 0 Å². The van der Waals surface area contributed by atoms with E-state index in [-0.39, 0.29) is 6.61 Å². The molecule has 0 saturated carbocycles. The fraction of sp³-hybridized carbons (Fsp3) is 0.333. The molecule has 0 saturated heterocycles. The van der Waals surface area contributed by atoms with E-state index in [1.165, 1.54) is 0 Å². The van der Waals surface area contributed by atoms with Crippen LogP contribution >= 0.6 is 7.60 Å². The van der Waals surface area contributed by atoms with Crippen molar-refractivity contribution in [1.82, 2.24) is 0 Å². The third kappa shape index (κ3) is 4.86. The maximum Gasteiger partial charge on any atom is 0.515 e. The number of rotatable bonds is 6. The number of hydrogen-bond donors (Lipinski definition) is 1. The molecule has 0 aromatic heterocycles. The Hall–Kier alpha value is -1.89. The van der Waals surface area contributed by atoms with Gasteiger partial charge in [-0.15, -0.1) is 0 Å². The number of carbonyl (C=O) groups excluding carboxylic acids is 2. The first-order valence-electron chi connectivity index (χ1n) is 5.82. The molecule has 1 rings (SSSR count). The topological polar surface area (TPSA) is 114 Å². The summed E-state index contributed by atoms with van der Waals surface area (Å²) in [5, 5.41) is 0. The zero-order valence-corrected chi connectivity index (χ0v) is 12.4. The monoisotopic (exact) mass is 317 g/mol. The van der Waals surface area contributed by atoms with Crippen molar-refractivity contribution in [3.63, 3.8) is 0 Å². The van der Waals surface area contributed by atoms with Crippen molar-refractivity contribution < 1.29 is 32.7 Å². The first kappa shape index (κ1) is 17.2. The molecule has 0 bridgehead atoms. The van der Waals surface area contributed by atoms with Crippen LogP contribution in [0.4, 0.5) is 4.79 Å². The van der Waals surface area contributed by atoms with E-state index in [0.29, 0.717) is 5.56 Å². The van der Waals surface area contributed by atoms with Crippen LogP contribution in [0.15, 0.2) is 30.3 Å². The standard InChI is InChI=1S/C12H16NO7P/c1-17-11(14)10(13)21(16,18-2)20-12(15)19-8-9-6-4-3-5-7-9/h3-7,10H,8,13H2,1-2H3. The smallest absolute Gasteiger partial charge is 0.467 e. The second-order valence-corrected chi connectivity index (χ2v) is 5.99. The lowest BCUT2D eigenvalue weighted by molar-refractivity contribution is -0.140. The molecule has 0 aliphatic heterocycles. The van der Waals surface area contributed by atoms with E-state index in [4.69, 9.17) is 10.5 Å². The van der Waals surface area contributed by atoms with Crippen LogP contribution < -0.4 is 5.73 Å². The second-order valence-electron chi connectivity index (χ2n) is 3.81. The summed E-state index contributed by atoms with van der Waals surface area (Å²) in [7, 11) is -2.17. The molecule has 0 aliphatic rings. The van der Waals surface area contributed by atoms with Crippen LogP contribution in [-0.4, -0.2) is 32.1 Å². The lowest BCUT2D eigenvalue weighted by Crippen LogP contribution is -2.33. The number of esters is 1. The minimum atomic E-state index is -4.21. The van der Waals surface area contributed by atoms with Gasteiger partial charge in [0.1, 0.15) is 6.61 Å². The Morgan fingerprint density at radius 2 is 1.86 bits per heavy atom. The third-order valence-electron chi connectivity index (χ3n) is 2.44. The summed E-state index contributed by atoms with van der Waals surface area (Å²) >= 11 is 0. The predicted octanol–water partition coefficient (Wildman–Crippen LogP) is 1.64. The molecule has 0 aliphatic carbocycles. The molecule has 0 fully saturated rings. The van der Waals surface area contributed by atoms with Crippen molar-refractivity contribution in [1.29, 1.82) is 0 Å². The molecule has 2 unspecified atom stereocenters. The Morgan fingerprint density at radius 1 is 1.24 bits per heavy atom. The molecule has 2 atom stereocenters. The van der Waals surface area contributed by atoms with Gasteiger partial charge < -0.3 is 24.3 Å². The van der Waals surface area contributed by atoms with Gasteiger partial charge in [-0.1, -0.05) is 30.3 Å². The van der Waals surface area contributed by atoms with Crippen LogP contribution in [0.25, 0.3) is 0 Å². The zero-order chi connectivity index (χ0) is 15.9. The minimum Gasteiger partial charge on any atom is -0.467 e. The molecule has 8 nitrogen and oxygen atoms in total. The lowest BCUT2D eigenvalue weighted by atomic mass is 10.2. The maximum atomic E-state index is 12.1. The van der Waals surface area contributed by atoms with Gasteiger partial charge in [0, 0.05) is 7.11 Å². The van der Waals surface area contributed by atoms with Crippen LogP contribution in [0.1, 0.15) is 5.56 Å². The number of ether oxygens (including phenoxy) is 2. The van der Waals surface area contributed by atoms with Gasteiger partial charge in [0.05, 0.1) is 7.11 Å². The Labute approximate surface area is 121 Å². The molecular formula is C12H16NO7P. The Morgan fingerprint density at radius 3 is 2.38 bits per heavy atom. The molecule has 0 amide bonds. The van der Waals surface area contributed by atoms with Crippen molar-refractivity contribution in [2.75, 3.05) is 14.2 Å². The van der Waals surface area contributed by atoms with Crippen LogP contribution in [0.3, 0.4) is 0 Å². The zero-order valence-electron chi connectivity index (χ0n) is 11.6. The van der Waals surface area contributed by atoms with E-state index in [1.807, 2.05) is 0 Å². The third-order valence-corrected chi connectivity index (χ3v) is 4.24. The summed E-state index contributed by atoms with van der Waals surface area (Å²) in [4.78, 5) is 22.7. The Balaban J connectivity index is 2.62. The van der Waals surface area contributed by atoms with Crippen LogP contribution in [0.2, 0.25) is 0 Å². The van der Waals surface area contributed by atoms with Crippen molar-refractivity contribution in [3.05, 3.63) is 35.9 Å². The highest BCUT2D eigenvalue weighted by Crippen LogP contribution is 2.51. The molecule has 116 valence electrons. The van der Waals surface area contributed by atoms with Crippen LogP contribution in [0.5, 0.6) is 0 Å². The number of methoxy groups -OCH3 is 1. The fourth-order valence-electron chi connectivity index (χ4n) is 1.30. The first-order valence-corrected chi connectivity index (χ1v) is 7.43. The van der Waals surface area contributed by atoms with Crippen LogP contribution in [-0.2, 0) is 34.5 Å². The average Bonchev–Trinajstić information content (AvgIpc) is 2.52. The molecule has 21 heavy (non-hydrogen) atoms. The highest BCUT2D eigenvalue weighted by Gasteiger charge is 2.42. The number of carbonyl (C=O) groups is 2. The number of nitrogens with two attached hydrogens (primary N) is 1. The Kier molecular flexibility index (Phi) is 6.36. The minimum absolute atomic E-state index is 0.0865. The summed E-state index contributed by atoms with van der Waals surface area (Å²) in [5.41, 5.74) is 6.08. The molecule has 1 aromatic rings. The fourth-order valence-corrected chi connectivity index (χ4v) is 2.34. The molecule has 0 spiro atoms. The summed E-state index contributed by atoms with van der Waals surface area (Å²) < 4.78 is 30.3. The molecule has 2 N–H and O–H groups in total. The van der Waals surface area contributed by atoms with E-state index in [9.17, 15) is 14.2 Å². The van der Waals surface area contributed by atoms with Crippen molar-refractivity contribution >= 4 is 19.7 Å². The van der Waals surface area contributed by atoms with E-state index in [0.717, 1.165) is 14.2 Å². The number of benzene rings is 1. The maximum absolute atomic E-state index is 12.1. The summed E-state index contributed by atoms with van der Waals surface area (Å²) in [6.07, 6.45) is -1.26. The Bertz CT molecular complexity index is 534. The first-order chi connectivity index (χ1) is 9.92. The van der Waals surface area contributed by atoms with Crippen molar-refractivity contribution in [2.45, 2.75) is 12.4 Å². The van der Waals surface area contributed by atoms with E-state index in [2.05, 4.69) is 13.8 Å². The molecule has 1 aromatic carbocycles. The largest absolute Gasteiger partial charge is 0.515 e. The normalized spacial score (nSPS) is 14.6. The van der Waals surface area contributed by atoms with Gasteiger partial charge >= 0.3 is 19.7 Å². The van der Waals surface area contributed by atoms with E-state index in [1.54, 1.807) is 30.3 Å². The molecular weight excluding hydrogens is 301 g/mol. The van der Waals surface area contributed by atoms with Gasteiger partial charge in [-0.25, -0.2) is 14.2 Å². The number of hydrogen-bond acceptors (Lipinski definition) is 8. The molecule has 9 heteroatoms. The van der Waals surface area contributed by atoms with Gasteiger partial charge in [0.15, 0.2) is 0 Å². The SMILES string of the molecule is COC(=O)C(N)P(=O)(OC)OC(=O)OCc1ccccc1. The van der Waals surface area contributed by atoms with Crippen molar-refractivity contribution in [3.8, 4) is 0 Å². The predicted molar refractivity (Wildman–Crippen MR) is 72.3 cm³/mol.